The average Bonchev–Trinajstić information content (AvgIpc) is 2.68. The van der Waals surface area contributed by atoms with Crippen molar-refractivity contribution in [3.63, 3.8) is 0 Å². The van der Waals surface area contributed by atoms with Crippen LogP contribution in [0.25, 0.3) is 6.08 Å². The third-order valence-electron chi connectivity index (χ3n) is 4.65. The number of hydrogen-bond donors (Lipinski definition) is 2. The van der Waals surface area contributed by atoms with Crippen LogP contribution in [0.3, 0.4) is 0 Å². The Hall–Kier alpha value is -2.84. The molecule has 0 saturated carbocycles. The standard InChI is InChI=1S/C23H31F3N2O4/c1-15(2)13-19(18(21(30)31)12-8-11-17-9-6-5-7-10-17)20(29)27-28(14-16(3)4)22(32)23(24,25)26/h5-11,15-16,18-19H,12-14H2,1-4H3,(H,27,29)(H,30,31)/t18-,19+/m0/s1. The molecule has 0 heterocycles. The Labute approximate surface area is 186 Å². The van der Waals surface area contributed by atoms with Crippen LogP contribution in [-0.2, 0) is 14.4 Å². The summed E-state index contributed by atoms with van der Waals surface area (Å²) in [6.07, 6.45) is -1.68. The molecule has 2 N–H and O–H groups in total. The Kier molecular flexibility index (Phi) is 10.4. The lowest BCUT2D eigenvalue weighted by molar-refractivity contribution is -0.190. The predicted octanol–water partition coefficient (Wildman–Crippen LogP) is 4.53. The minimum absolute atomic E-state index is 0.00638. The highest BCUT2D eigenvalue weighted by Crippen LogP contribution is 2.26. The molecule has 32 heavy (non-hydrogen) atoms. The first-order valence-corrected chi connectivity index (χ1v) is 10.5. The van der Waals surface area contributed by atoms with Gasteiger partial charge in [-0.1, -0.05) is 70.2 Å². The predicted molar refractivity (Wildman–Crippen MR) is 115 cm³/mol. The Bertz CT molecular complexity index is 792. The topological polar surface area (TPSA) is 86.7 Å². The maximum Gasteiger partial charge on any atom is 0.473 e. The minimum atomic E-state index is -5.17. The highest BCUT2D eigenvalue weighted by Gasteiger charge is 2.44. The highest BCUT2D eigenvalue weighted by molar-refractivity contribution is 5.88. The lowest BCUT2D eigenvalue weighted by atomic mass is 9.82. The van der Waals surface area contributed by atoms with E-state index in [-0.39, 0.29) is 36.2 Å². The van der Waals surface area contributed by atoms with Crippen LogP contribution in [-0.4, -0.2) is 40.6 Å². The molecular weight excluding hydrogens is 425 g/mol. The zero-order chi connectivity index (χ0) is 24.5. The molecule has 0 aromatic heterocycles. The number of hydrazine groups is 1. The molecule has 0 fully saturated rings. The lowest BCUT2D eigenvalue weighted by Gasteiger charge is -2.30. The van der Waals surface area contributed by atoms with Gasteiger partial charge in [-0.25, -0.2) is 5.01 Å². The van der Waals surface area contributed by atoms with Crippen LogP contribution in [0.2, 0.25) is 0 Å². The molecule has 0 saturated heterocycles. The van der Waals surface area contributed by atoms with Gasteiger partial charge < -0.3 is 5.11 Å². The van der Waals surface area contributed by atoms with Gasteiger partial charge in [0.05, 0.1) is 11.8 Å². The van der Waals surface area contributed by atoms with Crippen molar-refractivity contribution in [1.29, 1.82) is 0 Å². The van der Waals surface area contributed by atoms with Crippen LogP contribution in [0.5, 0.6) is 0 Å². The number of hydrogen-bond acceptors (Lipinski definition) is 3. The van der Waals surface area contributed by atoms with Crippen molar-refractivity contribution in [3.05, 3.63) is 42.0 Å². The summed E-state index contributed by atoms with van der Waals surface area (Å²) in [4.78, 5) is 36.6. The molecule has 1 rings (SSSR count). The van der Waals surface area contributed by atoms with E-state index in [0.29, 0.717) is 0 Å². The van der Waals surface area contributed by atoms with E-state index in [1.54, 1.807) is 39.8 Å². The molecular formula is C23H31F3N2O4. The number of aliphatic carboxylic acids is 1. The van der Waals surface area contributed by atoms with Crippen LogP contribution < -0.4 is 5.43 Å². The quantitative estimate of drug-likeness (QED) is 0.507. The maximum atomic E-state index is 13.0. The van der Waals surface area contributed by atoms with Gasteiger partial charge in [-0.2, -0.15) is 13.2 Å². The lowest BCUT2D eigenvalue weighted by Crippen LogP contribution is -2.55. The van der Waals surface area contributed by atoms with E-state index in [4.69, 9.17) is 0 Å². The zero-order valence-corrected chi connectivity index (χ0v) is 18.7. The summed E-state index contributed by atoms with van der Waals surface area (Å²) in [5, 5.41) is 9.98. The fraction of sp³-hybridized carbons (Fsp3) is 0.522. The number of nitrogens with zero attached hydrogens (tertiary/aromatic N) is 1. The Morgan fingerprint density at radius 2 is 1.62 bits per heavy atom. The summed E-state index contributed by atoms with van der Waals surface area (Å²) in [7, 11) is 0. The number of benzene rings is 1. The monoisotopic (exact) mass is 456 g/mol. The highest BCUT2D eigenvalue weighted by atomic mass is 19.4. The second-order valence-corrected chi connectivity index (χ2v) is 8.51. The summed E-state index contributed by atoms with van der Waals surface area (Å²) in [5.74, 6) is -7.09. The molecule has 6 nitrogen and oxygen atoms in total. The number of halogens is 3. The van der Waals surface area contributed by atoms with Gasteiger partial charge in [0, 0.05) is 6.54 Å². The maximum absolute atomic E-state index is 13.0. The second-order valence-electron chi connectivity index (χ2n) is 8.51. The van der Waals surface area contributed by atoms with E-state index in [9.17, 15) is 32.7 Å². The smallest absolute Gasteiger partial charge is 0.473 e. The van der Waals surface area contributed by atoms with Crippen molar-refractivity contribution in [3.8, 4) is 0 Å². The molecule has 2 atom stereocenters. The van der Waals surface area contributed by atoms with Crippen molar-refractivity contribution in [2.24, 2.45) is 23.7 Å². The molecule has 1 aromatic rings. The van der Waals surface area contributed by atoms with Gasteiger partial charge in [0.2, 0.25) is 5.91 Å². The average molecular weight is 457 g/mol. The normalized spacial score (nSPS) is 13.9. The number of carbonyl (C=O) groups is 3. The number of rotatable bonds is 10. The first-order valence-electron chi connectivity index (χ1n) is 10.5. The first-order chi connectivity index (χ1) is 14.8. The van der Waals surface area contributed by atoms with Crippen molar-refractivity contribution < 1.29 is 32.7 Å². The molecule has 1 aromatic carbocycles. The van der Waals surface area contributed by atoms with Gasteiger partial charge in [-0.05, 0) is 30.2 Å². The SMILES string of the molecule is CC(C)C[C@@H](C(=O)NN(CC(C)C)C(=O)C(F)(F)F)[C@H](CC=Cc1ccccc1)C(=O)O. The summed E-state index contributed by atoms with van der Waals surface area (Å²) in [5.41, 5.74) is 2.89. The van der Waals surface area contributed by atoms with Gasteiger partial charge >= 0.3 is 18.1 Å². The van der Waals surface area contributed by atoms with E-state index >= 15 is 0 Å². The summed E-state index contributed by atoms with van der Waals surface area (Å²) >= 11 is 0. The van der Waals surface area contributed by atoms with Crippen LogP contribution in [0.4, 0.5) is 13.2 Å². The Morgan fingerprint density at radius 3 is 2.09 bits per heavy atom. The van der Waals surface area contributed by atoms with Crippen LogP contribution >= 0.6 is 0 Å². The van der Waals surface area contributed by atoms with Crippen LogP contribution in [0.15, 0.2) is 36.4 Å². The zero-order valence-electron chi connectivity index (χ0n) is 18.7. The van der Waals surface area contributed by atoms with Crippen LogP contribution in [0.1, 0.15) is 46.1 Å². The number of allylic oxidation sites excluding steroid dienone is 1. The summed E-state index contributed by atoms with van der Waals surface area (Å²) in [6, 6.07) is 9.15. The molecule has 0 spiro atoms. The molecule has 0 aliphatic heterocycles. The molecule has 0 bridgehead atoms. The van der Waals surface area contributed by atoms with Gasteiger partial charge in [-0.3, -0.25) is 19.8 Å². The fourth-order valence-corrected chi connectivity index (χ4v) is 3.23. The molecule has 0 unspecified atom stereocenters. The van der Waals surface area contributed by atoms with Gasteiger partial charge in [0.15, 0.2) is 0 Å². The molecule has 2 amide bonds. The molecule has 0 aliphatic rings. The largest absolute Gasteiger partial charge is 0.481 e. The fourth-order valence-electron chi connectivity index (χ4n) is 3.23. The number of carboxylic acid groups (broad SMARTS) is 1. The van der Waals surface area contributed by atoms with Crippen molar-refractivity contribution in [2.75, 3.05) is 6.54 Å². The van der Waals surface area contributed by atoms with Gasteiger partial charge in [-0.15, -0.1) is 0 Å². The molecule has 9 heteroatoms. The van der Waals surface area contributed by atoms with Gasteiger partial charge in [0.1, 0.15) is 0 Å². The third-order valence-corrected chi connectivity index (χ3v) is 4.65. The Morgan fingerprint density at radius 1 is 1.03 bits per heavy atom. The van der Waals surface area contributed by atoms with Crippen molar-refractivity contribution in [1.82, 2.24) is 10.4 Å². The van der Waals surface area contributed by atoms with E-state index in [1.165, 1.54) is 0 Å². The van der Waals surface area contributed by atoms with Gasteiger partial charge in [0.25, 0.3) is 0 Å². The number of amides is 2. The van der Waals surface area contributed by atoms with E-state index < -0.39 is 35.8 Å². The molecule has 0 aliphatic carbocycles. The number of alkyl halides is 3. The minimum Gasteiger partial charge on any atom is -0.481 e. The van der Waals surface area contributed by atoms with E-state index in [1.807, 2.05) is 35.8 Å². The first kappa shape index (κ1) is 27.2. The Balaban J connectivity index is 3.11. The summed E-state index contributed by atoms with van der Waals surface area (Å²) in [6.45, 7) is 6.41. The summed E-state index contributed by atoms with van der Waals surface area (Å²) < 4.78 is 38.9. The number of carbonyl (C=O) groups excluding carboxylic acids is 2. The van der Waals surface area contributed by atoms with Crippen molar-refractivity contribution in [2.45, 2.75) is 46.7 Å². The van der Waals surface area contributed by atoms with E-state index in [2.05, 4.69) is 0 Å². The van der Waals surface area contributed by atoms with Crippen molar-refractivity contribution >= 4 is 23.9 Å². The third kappa shape index (κ3) is 9.11. The second kappa shape index (κ2) is 12.3. The number of nitrogens with one attached hydrogen (secondary N) is 1. The van der Waals surface area contributed by atoms with E-state index in [0.717, 1.165) is 5.56 Å². The molecule has 0 radical (unpaired) electrons. The molecule has 178 valence electrons. The van der Waals surface area contributed by atoms with Crippen LogP contribution in [0, 0.1) is 23.7 Å². The number of carboxylic acids is 1.